The van der Waals surface area contributed by atoms with Crippen LogP contribution >= 0.6 is 0 Å². The van der Waals surface area contributed by atoms with Gasteiger partial charge in [-0.1, -0.05) is 70.4 Å². The molecule has 0 heterocycles. The van der Waals surface area contributed by atoms with Crippen molar-refractivity contribution in [3.8, 4) is 11.8 Å². The van der Waals surface area contributed by atoms with Gasteiger partial charge in [-0.15, -0.1) is 0 Å². The zero-order valence-electron chi connectivity index (χ0n) is 26.3. The molecule has 0 aliphatic rings. The van der Waals surface area contributed by atoms with Gasteiger partial charge in [-0.05, 0) is 89.9 Å². The average Bonchev–Trinajstić information content (AvgIpc) is 2.90. The standard InChI is InChI=1S/C22H23F2NO.C6H12O.C2H4O.2C2H6/c1-17(26)21-12-10-19(11-13-21)5-4-18-6-8-20(9-7-18)16-25-15-3-14-22(2,23)24;1-5(2)6(3,4)7;1-2-3;2*1-2/h6-13,25H,3,14-16H2,1-2H3;7H,1H2,2-4H3;2H,1H3;2*1-2H3. The van der Waals surface area contributed by atoms with Gasteiger partial charge in [0.15, 0.2) is 5.78 Å². The number of carbonyl (C=O) groups is 2. The summed E-state index contributed by atoms with van der Waals surface area (Å²) in [6.07, 6.45) is 1.11. The summed E-state index contributed by atoms with van der Waals surface area (Å²) >= 11 is 0. The SMILES string of the molecule is C=C(C)C(C)(C)O.CC.CC.CC(=O)c1ccc(C#Cc2ccc(CNCCCC(C)(F)F)cc2)cc1.CC=O. The van der Waals surface area contributed by atoms with E-state index in [1.165, 1.54) is 13.8 Å². The Bertz CT molecular complexity index is 1000. The van der Waals surface area contributed by atoms with E-state index in [1.807, 2.05) is 64.1 Å². The van der Waals surface area contributed by atoms with Gasteiger partial charge in [-0.25, -0.2) is 8.78 Å². The van der Waals surface area contributed by atoms with E-state index >= 15 is 0 Å². The van der Waals surface area contributed by atoms with Crippen molar-refractivity contribution in [2.24, 2.45) is 0 Å². The molecule has 0 bridgehead atoms. The van der Waals surface area contributed by atoms with E-state index in [2.05, 4.69) is 23.7 Å². The van der Waals surface area contributed by atoms with Gasteiger partial charge in [0.1, 0.15) is 6.29 Å². The lowest BCUT2D eigenvalue weighted by atomic mass is 10.0. The first-order chi connectivity index (χ1) is 18.7. The Kier molecular flexibility index (Phi) is 24.5. The molecule has 0 unspecified atom stereocenters. The fourth-order valence-electron chi connectivity index (χ4n) is 2.40. The molecule has 40 heavy (non-hydrogen) atoms. The Hall–Kier alpha value is -3.14. The van der Waals surface area contributed by atoms with Crippen LogP contribution in [0.5, 0.6) is 0 Å². The average molecular weight is 560 g/mol. The van der Waals surface area contributed by atoms with Crippen LogP contribution in [-0.2, 0) is 11.3 Å². The number of hydrogen-bond acceptors (Lipinski definition) is 4. The number of ketones is 1. The van der Waals surface area contributed by atoms with Crippen molar-refractivity contribution in [1.82, 2.24) is 5.32 Å². The summed E-state index contributed by atoms with van der Waals surface area (Å²) in [6, 6.07) is 15.0. The molecule has 2 aromatic rings. The molecule has 2 aromatic carbocycles. The van der Waals surface area contributed by atoms with Gasteiger partial charge in [-0.2, -0.15) is 0 Å². The summed E-state index contributed by atoms with van der Waals surface area (Å²) in [4.78, 5) is 20.1. The van der Waals surface area contributed by atoms with E-state index in [-0.39, 0.29) is 12.2 Å². The lowest BCUT2D eigenvalue weighted by Gasteiger charge is -2.15. The molecule has 2 N–H and O–H groups in total. The van der Waals surface area contributed by atoms with Crippen LogP contribution in [-0.4, -0.2) is 35.2 Å². The fraction of sp³-hybridized carbons (Fsp3) is 0.471. The number of aldehydes is 1. The smallest absolute Gasteiger partial charge is 0.245 e. The van der Waals surface area contributed by atoms with Gasteiger partial charge in [-0.3, -0.25) is 4.79 Å². The lowest BCUT2D eigenvalue weighted by molar-refractivity contribution is -0.106. The van der Waals surface area contributed by atoms with Gasteiger partial charge in [0.25, 0.3) is 0 Å². The number of nitrogens with one attached hydrogen (secondary N) is 1. The minimum atomic E-state index is -2.59. The molecule has 0 radical (unpaired) electrons. The normalized spacial score (nSPS) is 9.72. The molecule has 224 valence electrons. The highest BCUT2D eigenvalue weighted by molar-refractivity contribution is 5.94. The summed E-state index contributed by atoms with van der Waals surface area (Å²) in [5.74, 6) is 3.61. The molecular formula is C34H51F2NO3. The fourth-order valence-corrected chi connectivity index (χ4v) is 2.40. The van der Waals surface area contributed by atoms with Gasteiger partial charge >= 0.3 is 0 Å². The van der Waals surface area contributed by atoms with E-state index in [0.29, 0.717) is 25.1 Å². The van der Waals surface area contributed by atoms with Crippen LogP contribution in [0.15, 0.2) is 60.7 Å². The second kappa shape index (κ2) is 23.7. The molecule has 0 atom stereocenters. The van der Waals surface area contributed by atoms with E-state index in [9.17, 15) is 13.6 Å². The number of alkyl halides is 2. The van der Waals surface area contributed by atoms with Crippen molar-refractivity contribution in [3.05, 3.63) is 82.9 Å². The van der Waals surface area contributed by atoms with E-state index in [0.717, 1.165) is 35.5 Å². The van der Waals surface area contributed by atoms with Crippen LogP contribution < -0.4 is 5.32 Å². The van der Waals surface area contributed by atoms with E-state index in [4.69, 9.17) is 9.90 Å². The highest BCUT2D eigenvalue weighted by Gasteiger charge is 2.19. The third kappa shape index (κ3) is 23.9. The second-order valence-electron chi connectivity index (χ2n) is 9.01. The highest BCUT2D eigenvalue weighted by Crippen LogP contribution is 2.18. The Labute approximate surface area is 242 Å². The maximum atomic E-state index is 12.7. The summed E-state index contributed by atoms with van der Waals surface area (Å²) in [6.45, 7) is 22.0. The summed E-state index contributed by atoms with van der Waals surface area (Å²) < 4.78 is 25.4. The monoisotopic (exact) mass is 559 g/mol. The maximum Gasteiger partial charge on any atom is 0.245 e. The molecule has 0 fully saturated rings. The summed E-state index contributed by atoms with van der Waals surface area (Å²) in [5.41, 5.74) is 3.62. The Morgan fingerprint density at radius 3 is 1.62 bits per heavy atom. The second-order valence-corrected chi connectivity index (χ2v) is 9.01. The number of halogens is 2. The van der Waals surface area contributed by atoms with Gasteiger partial charge in [0, 0.05) is 29.7 Å². The van der Waals surface area contributed by atoms with Crippen LogP contribution in [0.25, 0.3) is 0 Å². The first-order valence-electron chi connectivity index (χ1n) is 13.8. The van der Waals surface area contributed by atoms with Gasteiger partial charge < -0.3 is 15.2 Å². The highest BCUT2D eigenvalue weighted by atomic mass is 19.3. The minimum absolute atomic E-state index is 0.0390. The van der Waals surface area contributed by atoms with Crippen molar-refractivity contribution in [3.63, 3.8) is 0 Å². The van der Waals surface area contributed by atoms with Crippen molar-refractivity contribution in [2.45, 2.75) is 100 Å². The number of Topliss-reactive ketones (excluding diaryl/α,β-unsaturated/α-hetero) is 1. The zero-order valence-corrected chi connectivity index (χ0v) is 26.3. The number of aliphatic hydroxyl groups is 1. The van der Waals surface area contributed by atoms with Crippen molar-refractivity contribution >= 4 is 12.1 Å². The predicted molar refractivity (Wildman–Crippen MR) is 166 cm³/mol. The first kappa shape index (κ1) is 41.3. The quantitative estimate of drug-likeness (QED) is 0.112. The third-order valence-electron chi connectivity index (χ3n) is 4.94. The summed E-state index contributed by atoms with van der Waals surface area (Å²) in [7, 11) is 0. The molecule has 2 rings (SSSR count). The molecule has 0 saturated heterocycles. The molecule has 0 aliphatic heterocycles. The number of benzene rings is 2. The zero-order chi connectivity index (χ0) is 31.8. The van der Waals surface area contributed by atoms with E-state index < -0.39 is 11.5 Å². The minimum Gasteiger partial charge on any atom is -0.386 e. The summed E-state index contributed by atoms with van der Waals surface area (Å²) in [5, 5.41) is 12.2. The molecule has 0 saturated carbocycles. The molecular weight excluding hydrogens is 508 g/mol. The molecule has 0 spiro atoms. The Morgan fingerprint density at radius 2 is 1.30 bits per heavy atom. The lowest BCUT2D eigenvalue weighted by Crippen LogP contribution is -2.18. The van der Waals surface area contributed by atoms with Crippen LogP contribution in [0.3, 0.4) is 0 Å². The van der Waals surface area contributed by atoms with Crippen LogP contribution in [0.4, 0.5) is 8.78 Å². The third-order valence-corrected chi connectivity index (χ3v) is 4.94. The molecule has 6 heteroatoms. The topological polar surface area (TPSA) is 66.4 Å². The van der Waals surface area contributed by atoms with Crippen LogP contribution in [0, 0.1) is 11.8 Å². The van der Waals surface area contributed by atoms with Gasteiger partial charge in [0.05, 0.1) is 5.60 Å². The van der Waals surface area contributed by atoms with Gasteiger partial charge in [0.2, 0.25) is 5.92 Å². The Morgan fingerprint density at radius 1 is 0.925 bits per heavy atom. The number of hydrogen-bond donors (Lipinski definition) is 2. The van der Waals surface area contributed by atoms with Crippen LogP contribution in [0.1, 0.15) is 109 Å². The Balaban J connectivity index is -0.000000820. The van der Waals surface area contributed by atoms with Crippen molar-refractivity contribution in [2.75, 3.05) is 6.54 Å². The molecule has 4 nitrogen and oxygen atoms in total. The first-order valence-corrected chi connectivity index (χ1v) is 13.8. The maximum absolute atomic E-state index is 12.7. The molecule has 0 aliphatic carbocycles. The number of rotatable bonds is 8. The largest absolute Gasteiger partial charge is 0.386 e. The molecule has 0 amide bonds. The predicted octanol–water partition coefficient (Wildman–Crippen LogP) is 8.41. The van der Waals surface area contributed by atoms with E-state index in [1.54, 1.807) is 32.9 Å². The van der Waals surface area contributed by atoms with Crippen molar-refractivity contribution < 1.29 is 23.5 Å². The number of carbonyl (C=O) groups excluding carboxylic acids is 2. The van der Waals surface area contributed by atoms with Crippen molar-refractivity contribution in [1.29, 1.82) is 0 Å². The van der Waals surface area contributed by atoms with Crippen LogP contribution in [0.2, 0.25) is 0 Å². The molecule has 0 aromatic heterocycles.